The zero-order valence-electron chi connectivity index (χ0n) is 19.2. The van der Waals surface area contributed by atoms with E-state index in [0.29, 0.717) is 6.04 Å². The van der Waals surface area contributed by atoms with E-state index in [1.54, 1.807) is 0 Å². The Morgan fingerprint density at radius 2 is 1.80 bits per heavy atom. The minimum atomic E-state index is 0.553. The van der Waals surface area contributed by atoms with Crippen LogP contribution in [-0.4, -0.2) is 75.8 Å². The first-order valence-corrected chi connectivity index (χ1v) is 11.6. The molecule has 0 amide bonds. The molecule has 0 bridgehead atoms. The smallest absolute Gasteiger partial charge is 0.191 e. The molecular weight excluding hydrogens is 374 g/mol. The summed E-state index contributed by atoms with van der Waals surface area (Å²) < 4.78 is 5.49. The Morgan fingerprint density at radius 1 is 1.10 bits per heavy atom. The molecule has 6 heteroatoms. The number of nitrogens with one attached hydrogen (secondary N) is 2. The summed E-state index contributed by atoms with van der Waals surface area (Å²) in [7, 11) is 6.28. The fourth-order valence-electron chi connectivity index (χ4n) is 4.78. The Balaban J connectivity index is 1.52. The van der Waals surface area contributed by atoms with E-state index in [1.807, 2.05) is 7.05 Å². The fourth-order valence-corrected chi connectivity index (χ4v) is 4.78. The maximum atomic E-state index is 5.49. The Labute approximate surface area is 183 Å². The van der Waals surface area contributed by atoms with Crippen molar-refractivity contribution in [2.24, 2.45) is 10.9 Å². The normalized spacial score (nSPS) is 20.3. The molecule has 2 N–H and O–H groups in total. The Morgan fingerprint density at radius 3 is 2.47 bits per heavy atom. The molecule has 1 aromatic carbocycles. The molecule has 3 rings (SSSR count). The SMILES string of the molecule is CN=C(NCc1ccccc1CN1CCOCC1)NCC(C1CCCCC1)N(C)C. The zero-order valence-corrected chi connectivity index (χ0v) is 19.2. The van der Waals surface area contributed by atoms with Crippen LogP contribution in [0.5, 0.6) is 0 Å². The first kappa shape index (κ1) is 23.0. The van der Waals surface area contributed by atoms with Crippen molar-refractivity contribution in [3.8, 4) is 0 Å². The average Bonchev–Trinajstić information content (AvgIpc) is 2.78. The van der Waals surface area contributed by atoms with Crippen LogP contribution in [0.3, 0.4) is 0 Å². The van der Waals surface area contributed by atoms with E-state index >= 15 is 0 Å². The molecule has 6 nitrogen and oxygen atoms in total. The van der Waals surface area contributed by atoms with Crippen molar-refractivity contribution in [1.82, 2.24) is 20.4 Å². The molecule has 2 aliphatic rings. The van der Waals surface area contributed by atoms with Crippen LogP contribution in [0.25, 0.3) is 0 Å². The molecule has 1 aromatic rings. The quantitative estimate of drug-likeness (QED) is 0.505. The number of hydrogen-bond acceptors (Lipinski definition) is 4. The van der Waals surface area contributed by atoms with Crippen LogP contribution in [0.4, 0.5) is 0 Å². The Hall–Kier alpha value is -1.63. The van der Waals surface area contributed by atoms with Crippen LogP contribution in [0.1, 0.15) is 43.2 Å². The number of benzene rings is 1. The first-order chi connectivity index (χ1) is 14.7. The lowest BCUT2D eigenvalue weighted by atomic mass is 9.83. The summed E-state index contributed by atoms with van der Waals surface area (Å²) in [5.41, 5.74) is 2.72. The number of aliphatic imine (C=N–C) groups is 1. The molecular formula is C24H41N5O. The van der Waals surface area contributed by atoms with Gasteiger partial charge in [-0.1, -0.05) is 43.5 Å². The standard InChI is InChI=1S/C24H41N5O/c1-25-24(27-18-23(28(2)3)20-9-5-4-6-10-20)26-17-21-11-7-8-12-22(21)19-29-13-15-30-16-14-29/h7-8,11-12,20,23H,4-6,9-10,13-19H2,1-3H3,(H2,25,26,27). The van der Waals surface area contributed by atoms with Crippen molar-refractivity contribution in [1.29, 1.82) is 0 Å². The Kier molecular flexibility index (Phi) is 9.43. The van der Waals surface area contributed by atoms with Gasteiger partial charge in [0, 0.05) is 45.8 Å². The van der Waals surface area contributed by atoms with Gasteiger partial charge in [-0.2, -0.15) is 0 Å². The third-order valence-corrected chi connectivity index (χ3v) is 6.62. The van der Waals surface area contributed by atoms with Gasteiger partial charge in [-0.15, -0.1) is 0 Å². The highest BCUT2D eigenvalue weighted by Gasteiger charge is 2.25. The molecule has 1 saturated heterocycles. The van der Waals surface area contributed by atoms with Gasteiger partial charge in [0.1, 0.15) is 0 Å². The predicted molar refractivity (Wildman–Crippen MR) is 125 cm³/mol. The minimum absolute atomic E-state index is 0.553. The third kappa shape index (κ3) is 6.96. The van der Waals surface area contributed by atoms with Crippen molar-refractivity contribution in [3.63, 3.8) is 0 Å². The van der Waals surface area contributed by atoms with E-state index in [0.717, 1.165) is 57.8 Å². The predicted octanol–water partition coefficient (Wildman–Crippen LogP) is 2.69. The molecule has 1 heterocycles. The number of rotatable bonds is 8. The first-order valence-electron chi connectivity index (χ1n) is 11.6. The lowest BCUT2D eigenvalue weighted by Crippen LogP contribution is -2.48. The van der Waals surface area contributed by atoms with Crippen LogP contribution in [0, 0.1) is 5.92 Å². The second kappa shape index (κ2) is 12.3. The summed E-state index contributed by atoms with van der Waals surface area (Å²) in [5, 5.41) is 7.13. The second-order valence-electron chi connectivity index (χ2n) is 8.89. The average molecular weight is 416 g/mol. The van der Waals surface area contributed by atoms with Crippen molar-refractivity contribution in [2.75, 3.05) is 54.0 Å². The highest BCUT2D eigenvalue weighted by atomic mass is 16.5. The van der Waals surface area contributed by atoms with Gasteiger partial charge < -0.3 is 20.3 Å². The molecule has 1 atom stereocenters. The summed E-state index contributed by atoms with van der Waals surface area (Å²) in [6.07, 6.45) is 6.86. The van der Waals surface area contributed by atoms with E-state index in [-0.39, 0.29) is 0 Å². The van der Waals surface area contributed by atoms with E-state index in [1.165, 1.54) is 43.2 Å². The van der Waals surface area contributed by atoms with E-state index in [4.69, 9.17) is 4.74 Å². The van der Waals surface area contributed by atoms with Crippen LogP contribution in [-0.2, 0) is 17.8 Å². The number of hydrogen-bond donors (Lipinski definition) is 2. The number of likely N-dealkylation sites (N-methyl/N-ethyl adjacent to an activating group) is 1. The zero-order chi connectivity index (χ0) is 21.2. The van der Waals surface area contributed by atoms with Gasteiger partial charge in [-0.3, -0.25) is 9.89 Å². The van der Waals surface area contributed by atoms with Crippen molar-refractivity contribution < 1.29 is 4.74 Å². The molecule has 1 saturated carbocycles. The molecule has 0 radical (unpaired) electrons. The van der Waals surface area contributed by atoms with Crippen molar-refractivity contribution >= 4 is 5.96 Å². The second-order valence-corrected chi connectivity index (χ2v) is 8.89. The minimum Gasteiger partial charge on any atom is -0.379 e. The summed E-state index contributed by atoms with van der Waals surface area (Å²) in [6, 6.07) is 9.28. The molecule has 1 aliphatic carbocycles. The fraction of sp³-hybridized carbons (Fsp3) is 0.708. The number of nitrogens with zero attached hydrogens (tertiary/aromatic N) is 3. The van der Waals surface area contributed by atoms with E-state index < -0.39 is 0 Å². The largest absolute Gasteiger partial charge is 0.379 e. The third-order valence-electron chi connectivity index (χ3n) is 6.62. The van der Waals surface area contributed by atoms with Gasteiger partial charge in [-0.05, 0) is 44.0 Å². The van der Waals surface area contributed by atoms with Gasteiger partial charge in [0.15, 0.2) is 5.96 Å². The van der Waals surface area contributed by atoms with Crippen LogP contribution in [0.2, 0.25) is 0 Å². The van der Waals surface area contributed by atoms with Crippen molar-refractivity contribution in [2.45, 2.75) is 51.2 Å². The van der Waals surface area contributed by atoms with E-state index in [2.05, 4.69) is 63.8 Å². The maximum absolute atomic E-state index is 5.49. The summed E-state index contributed by atoms with van der Waals surface area (Å²) in [6.45, 7) is 6.41. The lowest BCUT2D eigenvalue weighted by molar-refractivity contribution is 0.0341. The topological polar surface area (TPSA) is 52.1 Å². The summed E-state index contributed by atoms with van der Waals surface area (Å²) in [4.78, 5) is 9.33. The van der Waals surface area contributed by atoms with Gasteiger partial charge >= 0.3 is 0 Å². The van der Waals surface area contributed by atoms with Crippen LogP contribution in [0.15, 0.2) is 29.3 Å². The molecule has 30 heavy (non-hydrogen) atoms. The highest BCUT2D eigenvalue weighted by Crippen LogP contribution is 2.28. The molecule has 168 valence electrons. The summed E-state index contributed by atoms with van der Waals surface area (Å²) >= 11 is 0. The number of ether oxygens (including phenoxy) is 1. The number of morpholine rings is 1. The van der Waals surface area contributed by atoms with Crippen LogP contribution >= 0.6 is 0 Å². The Bertz CT molecular complexity index is 651. The van der Waals surface area contributed by atoms with Gasteiger partial charge in [0.2, 0.25) is 0 Å². The molecule has 1 unspecified atom stereocenters. The monoisotopic (exact) mass is 415 g/mol. The molecule has 2 fully saturated rings. The molecule has 1 aliphatic heterocycles. The number of guanidine groups is 1. The van der Waals surface area contributed by atoms with E-state index in [9.17, 15) is 0 Å². The molecule has 0 aromatic heterocycles. The molecule has 0 spiro atoms. The van der Waals surface area contributed by atoms with Crippen molar-refractivity contribution in [3.05, 3.63) is 35.4 Å². The van der Waals surface area contributed by atoms with Gasteiger partial charge in [-0.25, -0.2) is 0 Å². The lowest BCUT2D eigenvalue weighted by Gasteiger charge is -2.35. The summed E-state index contributed by atoms with van der Waals surface area (Å²) in [5.74, 6) is 1.67. The van der Waals surface area contributed by atoms with Gasteiger partial charge in [0.05, 0.1) is 13.2 Å². The van der Waals surface area contributed by atoms with Gasteiger partial charge in [0.25, 0.3) is 0 Å². The highest BCUT2D eigenvalue weighted by molar-refractivity contribution is 5.79. The maximum Gasteiger partial charge on any atom is 0.191 e. The van der Waals surface area contributed by atoms with Crippen LogP contribution < -0.4 is 10.6 Å².